The molecule has 2 N–H and O–H groups in total. The minimum absolute atomic E-state index is 0.00864. The molecule has 2 aromatic rings. The van der Waals surface area contributed by atoms with Crippen LogP contribution in [0.15, 0.2) is 24.3 Å². The normalized spacial score (nSPS) is 12.8. The molecule has 1 aliphatic carbocycles. The Kier molecular flexibility index (Phi) is 7.64. The molecule has 3 rings (SSSR count). The van der Waals surface area contributed by atoms with Gasteiger partial charge in [-0.05, 0) is 50.4 Å². The molecule has 8 nitrogen and oxygen atoms in total. The van der Waals surface area contributed by atoms with Gasteiger partial charge in [-0.2, -0.15) is 0 Å². The van der Waals surface area contributed by atoms with Crippen molar-refractivity contribution in [2.24, 2.45) is 0 Å². The summed E-state index contributed by atoms with van der Waals surface area (Å²) in [4.78, 5) is 39.9. The first-order valence-electron chi connectivity index (χ1n) is 10.1. The summed E-state index contributed by atoms with van der Waals surface area (Å²) in [6.45, 7) is 0.0458. The second-order valence-corrected chi connectivity index (χ2v) is 8.51. The number of aryl methyl sites for hydroxylation is 1. The first-order chi connectivity index (χ1) is 14.9. The second kappa shape index (κ2) is 10.4. The van der Waals surface area contributed by atoms with Crippen molar-refractivity contribution in [3.63, 3.8) is 0 Å². The molecule has 0 bridgehead atoms. The number of likely N-dealkylation sites (N-methyl/N-ethyl adjacent to an activating group) is 1. The number of ether oxygens (including phenoxy) is 2. The Bertz CT molecular complexity index is 972. The number of nitrogens with one attached hydrogen (secondary N) is 2. The fourth-order valence-corrected chi connectivity index (χ4v) is 4.88. The van der Waals surface area contributed by atoms with Crippen molar-refractivity contribution in [3.05, 3.63) is 40.3 Å². The minimum Gasteiger partial charge on any atom is -0.497 e. The fourth-order valence-electron chi connectivity index (χ4n) is 3.59. The predicted octanol–water partition coefficient (Wildman–Crippen LogP) is 2.93. The fraction of sp³-hybridized carbons (Fsp3) is 0.409. The van der Waals surface area contributed by atoms with Gasteiger partial charge in [0.05, 0.1) is 32.9 Å². The Balaban J connectivity index is 1.58. The van der Waals surface area contributed by atoms with Crippen LogP contribution in [0.1, 0.15) is 33.6 Å². The van der Waals surface area contributed by atoms with Crippen molar-refractivity contribution in [1.82, 2.24) is 4.90 Å². The van der Waals surface area contributed by atoms with Crippen molar-refractivity contribution >= 4 is 39.8 Å². The molecular weight excluding hydrogens is 418 g/mol. The van der Waals surface area contributed by atoms with Crippen LogP contribution in [0.25, 0.3) is 0 Å². The molecular formula is C22H27N3O5S. The molecule has 0 saturated carbocycles. The van der Waals surface area contributed by atoms with Crippen molar-refractivity contribution in [2.45, 2.75) is 25.7 Å². The summed E-state index contributed by atoms with van der Waals surface area (Å²) in [5.41, 5.74) is 2.08. The highest BCUT2D eigenvalue weighted by Crippen LogP contribution is 2.38. The summed E-state index contributed by atoms with van der Waals surface area (Å²) >= 11 is 1.44. The van der Waals surface area contributed by atoms with Crippen LogP contribution in [0.4, 0.5) is 10.7 Å². The molecule has 0 fully saturated rings. The van der Waals surface area contributed by atoms with Crippen LogP contribution in [0, 0.1) is 0 Å². The van der Waals surface area contributed by atoms with Gasteiger partial charge in [-0.15, -0.1) is 11.3 Å². The number of anilines is 2. The van der Waals surface area contributed by atoms with Crippen LogP contribution in [0.3, 0.4) is 0 Å². The lowest BCUT2D eigenvalue weighted by Gasteiger charge is -2.16. The van der Waals surface area contributed by atoms with Gasteiger partial charge in [0.15, 0.2) is 0 Å². The van der Waals surface area contributed by atoms with E-state index in [1.807, 2.05) is 0 Å². The first kappa shape index (κ1) is 22.8. The first-order valence-corrected chi connectivity index (χ1v) is 10.9. The van der Waals surface area contributed by atoms with Crippen molar-refractivity contribution in [1.29, 1.82) is 0 Å². The number of rotatable bonds is 8. The summed E-state index contributed by atoms with van der Waals surface area (Å²) in [7, 11) is 4.59. The summed E-state index contributed by atoms with van der Waals surface area (Å²) in [5, 5.41) is 6.15. The maximum Gasteiger partial charge on any atom is 0.341 e. The van der Waals surface area contributed by atoms with Crippen LogP contribution < -0.4 is 15.4 Å². The molecule has 1 aliphatic rings. The van der Waals surface area contributed by atoms with Gasteiger partial charge in [-0.1, -0.05) is 6.07 Å². The van der Waals surface area contributed by atoms with Gasteiger partial charge in [0.2, 0.25) is 11.8 Å². The standard InChI is InChI=1S/C22H27N3O5S/c1-25(12-18(26)23-14-7-6-8-15(11-14)29-2)13-19(27)24-21-20(22(28)30-3)16-9-4-5-10-17(16)31-21/h6-8,11H,4-5,9-10,12-13H2,1-3H3,(H,23,26)(H,24,27). The number of amides is 2. The number of carbonyl (C=O) groups is 3. The van der Waals surface area contributed by atoms with E-state index in [4.69, 9.17) is 9.47 Å². The van der Waals surface area contributed by atoms with Gasteiger partial charge in [0, 0.05) is 16.6 Å². The average Bonchev–Trinajstić information content (AvgIpc) is 3.10. The molecule has 166 valence electrons. The van der Waals surface area contributed by atoms with Crippen molar-refractivity contribution in [3.8, 4) is 5.75 Å². The minimum atomic E-state index is -0.430. The summed E-state index contributed by atoms with van der Waals surface area (Å²) < 4.78 is 10.1. The van der Waals surface area contributed by atoms with Gasteiger partial charge < -0.3 is 20.1 Å². The number of carbonyl (C=O) groups excluding carboxylic acids is 3. The second-order valence-electron chi connectivity index (χ2n) is 7.41. The molecule has 0 atom stereocenters. The number of fused-ring (bicyclic) bond motifs is 1. The molecule has 1 aromatic heterocycles. The number of methoxy groups -OCH3 is 2. The van der Waals surface area contributed by atoms with Gasteiger partial charge in [-0.3, -0.25) is 14.5 Å². The highest BCUT2D eigenvalue weighted by Gasteiger charge is 2.27. The van der Waals surface area contributed by atoms with E-state index in [2.05, 4.69) is 10.6 Å². The van der Waals surface area contributed by atoms with Gasteiger partial charge in [-0.25, -0.2) is 4.79 Å². The Morgan fingerprint density at radius 3 is 2.48 bits per heavy atom. The monoisotopic (exact) mass is 445 g/mol. The Morgan fingerprint density at radius 1 is 1.06 bits per heavy atom. The number of hydrogen-bond acceptors (Lipinski definition) is 7. The van der Waals surface area contributed by atoms with Crippen LogP contribution >= 0.6 is 11.3 Å². The van der Waals surface area contributed by atoms with Crippen molar-refractivity contribution < 1.29 is 23.9 Å². The molecule has 0 radical (unpaired) electrons. The quantitative estimate of drug-likeness (QED) is 0.607. The van der Waals surface area contributed by atoms with E-state index in [9.17, 15) is 14.4 Å². The van der Waals surface area contributed by atoms with E-state index < -0.39 is 5.97 Å². The van der Waals surface area contributed by atoms with Crippen molar-refractivity contribution in [2.75, 3.05) is 45.0 Å². The Morgan fingerprint density at radius 2 is 1.77 bits per heavy atom. The summed E-state index contributed by atoms with van der Waals surface area (Å²) in [6, 6.07) is 7.06. The third-order valence-corrected chi connectivity index (χ3v) is 6.20. The number of nitrogens with zero attached hydrogens (tertiary/aromatic N) is 1. The third-order valence-electron chi connectivity index (χ3n) is 4.99. The zero-order chi connectivity index (χ0) is 22.4. The molecule has 2 amide bonds. The number of esters is 1. The molecule has 0 unspecified atom stereocenters. The Labute approximate surface area is 185 Å². The Hall–Kier alpha value is -2.91. The molecule has 1 aromatic carbocycles. The predicted molar refractivity (Wildman–Crippen MR) is 120 cm³/mol. The lowest BCUT2D eigenvalue weighted by molar-refractivity contribution is -0.119. The number of benzene rings is 1. The van der Waals surface area contributed by atoms with E-state index in [1.165, 1.54) is 18.4 Å². The summed E-state index contributed by atoms with van der Waals surface area (Å²) in [6.07, 6.45) is 3.82. The summed E-state index contributed by atoms with van der Waals surface area (Å²) in [5.74, 6) is -0.322. The number of thiophene rings is 1. The van der Waals surface area contributed by atoms with E-state index in [1.54, 1.807) is 43.3 Å². The maximum atomic E-state index is 12.6. The smallest absolute Gasteiger partial charge is 0.341 e. The average molecular weight is 446 g/mol. The van der Waals surface area contributed by atoms with E-state index in [0.717, 1.165) is 36.1 Å². The maximum absolute atomic E-state index is 12.6. The van der Waals surface area contributed by atoms with Crippen LogP contribution in [-0.2, 0) is 27.2 Å². The molecule has 0 aliphatic heterocycles. The third kappa shape index (κ3) is 5.83. The zero-order valence-electron chi connectivity index (χ0n) is 17.9. The molecule has 1 heterocycles. The van der Waals surface area contributed by atoms with Gasteiger partial charge >= 0.3 is 5.97 Å². The van der Waals surface area contributed by atoms with E-state index in [-0.39, 0.29) is 24.9 Å². The van der Waals surface area contributed by atoms with Crippen LogP contribution in [0.2, 0.25) is 0 Å². The topological polar surface area (TPSA) is 97.0 Å². The van der Waals surface area contributed by atoms with E-state index in [0.29, 0.717) is 22.0 Å². The zero-order valence-corrected chi connectivity index (χ0v) is 18.8. The molecule has 31 heavy (non-hydrogen) atoms. The lowest BCUT2D eigenvalue weighted by atomic mass is 9.95. The highest BCUT2D eigenvalue weighted by molar-refractivity contribution is 7.17. The molecule has 0 spiro atoms. The number of hydrogen-bond donors (Lipinski definition) is 2. The van der Waals surface area contributed by atoms with Gasteiger partial charge in [0.1, 0.15) is 10.8 Å². The molecule has 9 heteroatoms. The lowest BCUT2D eigenvalue weighted by Crippen LogP contribution is -2.36. The largest absolute Gasteiger partial charge is 0.497 e. The molecule has 0 saturated heterocycles. The van der Waals surface area contributed by atoms with E-state index >= 15 is 0 Å². The SMILES string of the molecule is COC(=O)c1c(NC(=O)CN(C)CC(=O)Nc2cccc(OC)c2)sc2c1CCCC2. The van der Waals surface area contributed by atoms with Crippen LogP contribution in [0.5, 0.6) is 5.75 Å². The van der Waals surface area contributed by atoms with Gasteiger partial charge in [0.25, 0.3) is 0 Å². The van der Waals surface area contributed by atoms with Crippen LogP contribution in [-0.4, -0.2) is 57.0 Å². The highest BCUT2D eigenvalue weighted by atomic mass is 32.1.